The van der Waals surface area contributed by atoms with Gasteiger partial charge in [-0.25, -0.2) is 0 Å². The van der Waals surface area contributed by atoms with Gasteiger partial charge in [0.2, 0.25) is 0 Å². The minimum Gasteiger partial charge on any atom is -0.496 e. The normalized spacial score (nSPS) is 9.50. The first-order valence-electron chi connectivity index (χ1n) is 3.76. The summed E-state index contributed by atoms with van der Waals surface area (Å²) in [5.41, 5.74) is 0. The average molecular weight is 215 g/mol. The van der Waals surface area contributed by atoms with Crippen LogP contribution >= 0.6 is 11.3 Å². The summed E-state index contributed by atoms with van der Waals surface area (Å²) in [5.74, 6) is -0.877. The van der Waals surface area contributed by atoms with Gasteiger partial charge in [0.05, 0.1) is 12.0 Å². The summed E-state index contributed by atoms with van der Waals surface area (Å²) in [6, 6.07) is 1.56. The van der Waals surface area contributed by atoms with Crippen molar-refractivity contribution in [1.29, 1.82) is 0 Å². The van der Waals surface area contributed by atoms with Crippen LogP contribution in [0, 0.1) is 0 Å². The lowest BCUT2D eigenvalue weighted by atomic mass is 10.4. The predicted octanol–water partition coefficient (Wildman–Crippen LogP) is 0.571. The number of nitrogens with one attached hydrogen (secondary N) is 1. The summed E-state index contributed by atoms with van der Waals surface area (Å²) in [4.78, 5) is 21.9. The number of carbonyl (C=O) groups is 2. The molecule has 1 heterocycles. The summed E-state index contributed by atoms with van der Waals surface area (Å²) in [6.07, 6.45) is 0. The fourth-order valence-electron chi connectivity index (χ4n) is 0.788. The molecular weight excluding hydrogens is 206 g/mol. The molecule has 14 heavy (non-hydrogen) atoms. The maximum Gasteiger partial charge on any atom is 0.322 e. The van der Waals surface area contributed by atoms with Crippen molar-refractivity contribution in [2.24, 2.45) is 0 Å². The van der Waals surface area contributed by atoms with E-state index in [4.69, 9.17) is 9.84 Å². The monoisotopic (exact) mass is 215 g/mol. The summed E-state index contributed by atoms with van der Waals surface area (Å²) in [5, 5.41) is 12.3. The number of methoxy groups -OCH3 is 1. The first-order chi connectivity index (χ1) is 6.63. The van der Waals surface area contributed by atoms with Crippen molar-refractivity contribution in [1.82, 2.24) is 5.32 Å². The Morgan fingerprint density at radius 3 is 2.86 bits per heavy atom. The molecule has 5 nitrogen and oxygen atoms in total. The van der Waals surface area contributed by atoms with Gasteiger partial charge >= 0.3 is 5.97 Å². The van der Waals surface area contributed by atoms with Crippen LogP contribution < -0.4 is 10.1 Å². The summed E-state index contributed by atoms with van der Waals surface area (Å²) < 4.78 is 4.88. The van der Waals surface area contributed by atoms with E-state index in [0.29, 0.717) is 10.6 Å². The number of carboxylic acids is 1. The number of amides is 1. The van der Waals surface area contributed by atoms with Crippen molar-refractivity contribution in [3.63, 3.8) is 0 Å². The third kappa shape index (κ3) is 2.74. The van der Waals surface area contributed by atoms with Crippen LogP contribution in [0.5, 0.6) is 5.75 Å². The number of hydrogen-bond acceptors (Lipinski definition) is 4. The van der Waals surface area contributed by atoms with Gasteiger partial charge in [-0.2, -0.15) is 0 Å². The fourth-order valence-corrected chi connectivity index (χ4v) is 1.56. The Morgan fingerprint density at radius 1 is 1.64 bits per heavy atom. The number of carboxylic acid groups (broad SMARTS) is 1. The third-order valence-corrected chi connectivity index (χ3v) is 2.34. The highest BCUT2D eigenvalue weighted by molar-refractivity contribution is 7.12. The van der Waals surface area contributed by atoms with Crippen molar-refractivity contribution < 1.29 is 19.4 Å². The molecule has 1 rings (SSSR count). The molecular formula is C8H9NO4S. The van der Waals surface area contributed by atoms with Crippen LogP contribution in [0.1, 0.15) is 9.67 Å². The zero-order valence-electron chi connectivity index (χ0n) is 7.44. The van der Waals surface area contributed by atoms with Crippen LogP contribution in [0.2, 0.25) is 0 Å². The lowest BCUT2D eigenvalue weighted by molar-refractivity contribution is -0.135. The van der Waals surface area contributed by atoms with Crippen molar-refractivity contribution >= 4 is 23.2 Å². The van der Waals surface area contributed by atoms with E-state index in [-0.39, 0.29) is 6.54 Å². The second-order valence-electron chi connectivity index (χ2n) is 2.43. The SMILES string of the molecule is COc1csc(C(=O)NCC(=O)O)c1. The second-order valence-corrected chi connectivity index (χ2v) is 3.34. The van der Waals surface area contributed by atoms with Gasteiger partial charge in [-0.05, 0) is 0 Å². The van der Waals surface area contributed by atoms with Crippen LogP contribution in [-0.2, 0) is 4.79 Å². The number of ether oxygens (including phenoxy) is 1. The van der Waals surface area contributed by atoms with Gasteiger partial charge in [-0.1, -0.05) is 0 Å². The number of aliphatic carboxylic acids is 1. The van der Waals surface area contributed by atoms with Crippen LogP contribution in [0.4, 0.5) is 0 Å². The Labute approximate surface area is 84.3 Å². The molecule has 0 spiro atoms. The Hall–Kier alpha value is -1.56. The highest BCUT2D eigenvalue weighted by Crippen LogP contribution is 2.20. The molecule has 1 aromatic heterocycles. The number of hydrogen-bond donors (Lipinski definition) is 2. The highest BCUT2D eigenvalue weighted by Gasteiger charge is 2.09. The lowest BCUT2D eigenvalue weighted by Gasteiger charge is -1.97. The molecule has 0 fully saturated rings. The molecule has 76 valence electrons. The van der Waals surface area contributed by atoms with E-state index >= 15 is 0 Å². The van der Waals surface area contributed by atoms with Crippen LogP contribution in [0.25, 0.3) is 0 Å². The van der Waals surface area contributed by atoms with E-state index in [1.807, 2.05) is 0 Å². The molecule has 0 aliphatic carbocycles. The molecule has 6 heteroatoms. The van der Waals surface area contributed by atoms with Gasteiger partial charge in [0.1, 0.15) is 12.3 Å². The van der Waals surface area contributed by atoms with Gasteiger partial charge in [0.25, 0.3) is 5.91 Å². The van der Waals surface area contributed by atoms with Gasteiger partial charge in [0, 0.05) is 11.4 Å². The van der Waals surface area contributed by atoms with Crippen molar-refractivity contribution in [3.05, 3.63) is 16.3 Å². The van der Waals surface area contributed by atoms with E-state index in [2.05, 4.69) is 5.32 Å². The number of carbonyl (C=O) groups excluding carboxylic acids is 1. The molecule has 0 radical (unpaired) electrons. The second kappa shape index (κ2) is 4.61. The predicted molar refractivity (Wildman–Crippen MR) is 50.8 cm³/mol. The zero-order chi connectivity index (χ0) is 10.6. The van der Waals surface area contributed by atoms with E-state index in [1.165, 1.54) is 18.4 Å². The molecule has 0 aliphatic rings. The minimum atomic E-state index is -1.07. The Balaban J connectivity index is 2.56. The topological polar surface area (TPSA) is 75.6 Å². The van der Waals surface area contributed by atoms with Crippen LogP contribution in [0.15, 0.2) is 11.4 Å². The van der Waals surface area contributed by atoms with Gasteiger partial charge in [-0.3, -0.25) is 9.59 Å². The quantitative estimate of drug-likeness (QED) is 0.770. The van der Waals surface area contributed by atoms with Crippen molar-refractivity contribution in [2.45, 2.75) is 0 Å². The highest BCUT2D eigenvalue weighted by atomic mass is 32.1. The van der Waals surface area contributed by atoms with E-state index < -0.39 is 11.9 Å². The Bertz CT molecular complexity index is 347. The molecule has 0 saturated heterocycles. The van der Waals surface area contributed by atoms with E-state index in [1.54, 1.807) is 11.4 Å². The minimum absolute atomic E-state index is 0.376. The smallest absolute Gasteiger partial charge is 0.322 e. The summed E-state index contributed by atoms with van der Waals surface area (Å²) in [7, 11) is 1.50. The molecule has 1 amide bonds. The Morgan fingerprint density at radius 2 is 2.36 bits per heavy atom. The van der Waals surface area contributed by atoms with Crippen LogP contribution in [-0.4, -0.2) is 30.6 Å². The van der Waals surface area contributed by atoms with Crippen LogP contribution in [0.3, 0.4) is 0 Å². The standard InChI is InChI=1S/C8H9NO4S/c1-13-5-2-6(14-4-5)8(12)9-3-7(10)11/h2,4H,3H2,1H3,(H,9,12)(H,10,11). The largest absolute Gasteiger partial charge is 0.496 e. The maximum absolute atomic E-state index is 11.3. The summed E-state index contributed by atoms with van der Waals surface area (Å²) in [6.45, 7) is -0.376. The average Bonchev–Trinajstić information content (AvgIpc) is 2.62. The molecule has 0 unspecified atom stereocenters. The lowest BCUT2D eigenvalue weighted by Crippen LogP contribution is -2.28. The molecule has 0 atom stereocenters. The number of thiophene rings is 1. The van der Waals surface area contributed by atoms with Gasteiger partial charge in [0.15, 0.2) is 0 Å². The molecule has 0 aromatic carbocycles. The molecule has 0 aliphatic heterocycles. The molecule has 2 N–H and O–H groups in total. The first-order valence-corrected chi connectivity index (χ1v) is 4.64. The maximum atomic E-state index is 11.3. The molecule has 0 bridgehead atoms. The summed E-state index contributed by atoms with van der Waals surface area (Å²) >= 11 is 1.20. The van der Waals surface area contributed by atoms with Crippen molar-refractivity contribution in [3.8, 4) is 5.75 Å². The van der Waals surface area contributed by atoms with Gasteiger partial charge < -0.3 is 15.2 Å². The molecule has 1 aromatic rings. The number of rotatable bonds is 4. The van der Waals surface area contributed by atoms with E-state index in [0.717, 1.165) is 0 Å². The van der Waals surface area contributed by atoms with Crippen molar-refractivity contribution in [2.75, 3.05) is 13.7 Å². The zero-order valence-corrected chi connectivity index (χ0v) is 8.26. The van der Waals surface area contributed by atoms with Gasteiger partial charge in [-0.15, -0.1) is 11.3 Å². The molecule has 0 saturated carbocycles. The third-order valence-electron chi connectivity index (χ3n) is 1.44. The first kappa shape index (κ1) is 10.5. The van der Waals surface area contributed by atoms with E-state index in [9.17, 15) is 9.59 Å². The fraction of sp³-hybridized carbons (Fsp3) is 0.250. The Kier molecular flexibility index (Phi) is 3.47.